The van der Waals surface area contributed by atoms with E-state index in [-0.39, 0.29) is 0 Å². The first-order valence-electron chi connectivity index (χ1n) is 1.65. The fraction of sp³-hybridized carbons (Fsp3) is 0.667. The Morgan fingerprint density at radius 3 is 2.83 bits per heavy atom. The number of hydrogen-bond acceptors (Lipinski definition) is 2. The van der Waals surface area contributed by atoms with Crippen molar-refractivity contribution in [1.82, 2.24) is 4.72 Å². The Hall–Kier alpha value is -0.180. The van der Waals surface area contributed by atoms with Crippen molar-refractivity contribution in [1.29, 1.82) is 0 Å². The van der Waals surface area contributed by atoms with Gasteiger partial charge < -0.3 is 0 Å². The van der Waals surface area contributed by atoms with E-state index in [1.165, 1.54) is 18.4 Å². The van der Waals surface area contributed by atoms with E-state index in [2.05, 4.69) is 4.72 Å². The van der Waals surface area contributed by atoms with Crippen LogP contribution < -0.4 is 4.72 Å². The molecule has 0 atom stereocenters. The monoisotopic (exact) mass is 104 g/mol. The molecule has 1 N–H and O–H groups in total. The predicted molar refractivity (Wildman–Crippen MR) is 27.0 cm³/mol. The molecule has 1 radical (unpaired) electrons. The molecule has 3 heteroatoms. The maximum absolute atomic E-state index is 9.31. The van der Waals surface area contributed by atoms with Crippen molar-refractivity contribution >= 4 is 18.4 Å². The predicted octanol–water partition coefficient (Wildman–Crippen LogP) is 0.311. The van der Waals surface area contributed by atoms with Crippen LogP contribution in [-0.4, -0.2) is 12.2 Å². The van der Waals surface area contributed by atoms with E-state index in [9.17, 15) is 4.79 Å². The van der Waals surface area contributed by atoms with Crippen molar-refractivity contribution in [3.8, 4) is 0 Å². The van der Waals surface area contributed by atoms with E-state index >= 15 is 0 Å². The third-order valence-corrected chi connectivity index (χ3v) is 0.775. The van der Waals surface area contributed by atoms with Crippen LogP contribution in [-0.2, 0) is 4.79 Å². The minimum atomic E-state index is 0.898. The quantitative estimate of drug-likeness (QED) is 0.317. The molecule has 0 fully saturated rings. The zero-order valence-electron chi connectivity index (χ0n) is 3.52. The van der Waals surface area contributed by atoms with Gasteiger partial charge in [-0.2, -0.15) is 0 Å². The SMILES string of the molecule is CCSN[C]=O. The van der Waals surface area contributed by atoms with E-state index < -0.39 is 0 Å². The summed E-state index contributed by atoms with van der Waals surface area (Å²) in [5.74, 6) is 0.898. The summed E-state index contributed by atoms with van der Waals surface area (Å²) in [4.78, 5) is 9.31. The summed E-state index contributed by atoms with van der Waals surface area (Å²) >= 11 is 1.33. The molecule has 0 saturated carbocycles. The van der Waals surface area contributed by atoms with E-state index in [1.54, 1.807) is 0 Å². The van der Waals surface area contributed by atoms with Gasteiger partial charge in [-0.1, -0.05) is 18.9 Å². The highest BCUT2D eigenvalue weighted by molar-refractivity contribution is 7.97. The molecule has 0 aliphatic rings. The van der Waals surface area contributed by atoms with Crippen molar-refractivity contribution in [3.63, 3.8) is 0 Å². The highest BCUT2D eigenvalue weighted by Gasteiger charge is 1.72. The number of carbonyl (C=O) groups excluding carboxylic acids is 1. The van der Waals surface area contributed by atoms with Gasteiger partial charge in [-0.15, -0.1) is 0 Å². The summed E-state index contributed by atoms with van der Waals surface area (Å²) in [7, 11) is 0. The number of rotatable bonds is 3. The second-order valence-corrected chi connectivity index (χ2v) is 1.71. The minimum Gasteiger partial charge on any atom is -0.292 e. The standard InChI is InChI=1S/C3H6NOS/c1-2-6-4-3-5/h2H2,1H3,(H,4,5). The summed E-state index contributed by atoms with van der Waals surface area (Å²) in [6, 6.07) is 0. The third-order valence-electron chi connectivity index (χ3n) is 0.258. The molecule has 35 valence electrons. The van der Waals surface area contributed by atoms with Crippen LogP contribution in [0, 0.1) is 0 Å². The van der Waals surface area contributed by atoms with Crippen molar-refractivity contribution < 1.29 is 4.79 Å². The smallest absolute Gasteiger partial charge is 0.292 e. The molecule has 0 saturated heterocycles. The van der Waals surface area contributed by atoms with Gasteiger partial charge in [-0.3, -0.25) is 9.52 Å². The molecule has 0 aromatic heterocycles. The lowest BCUT2D eigenvalue weighted by Gasteiger charge is -1.83. The van der Waals surface area contributed by atoms with Gasteiger partial charge in [0.1, 0.15) is 0 Å². The second-order valence-electron chi connectivity index (χ2n) is 0.637. The van der Waals surface area contributed by atoms with Crippen LogP contribution in [0.2, 0.25) is 0 Å². The van der Waals surface area contributed by atoms with Gasteiger partial charge in [0.05, 0.1) is 0 Å². The molecule has 0 aliphatic carbocycles. The summed E-state index contributed by atoms with van der Waals surface area (Å²) < 4.78 is 2.31. The average Bonchev–Trinajstić information content (AvgIpc) is 1.61. The first kappa shape index (κ1) is 5.82. The average molecular weight is 104 g/mol. The molecule has 0 rings (SSSR count). The van der Waals surface area contributed by atoms with Crippen molar-refractivity contribution in [2.45, 2.75) is 6.92 Å². The number of hydrogen-bond donors (Lipinski definition) is 1. The van der Waals surface area contributed by atoms with Crippen molar-refractivity contribution in [2.24, 2.45) is 0 Å². The first-order valence-corrected chi connectivity index (χ1v) is 2.64. The maximum atomic E-state index is 9.31. The van der Waals surface area contributed by atoms with E-state index in [4.69, 9.17) is 0 Å². The van der Waals surface area contributed by atoms with Gasteiger partial charge in [0.15, 0.2) is 0 Å². The van der Waals surface area contributed by atoms with Gasteiger partial charge in [-0.05, 0) is 0 Å². The second kappa shape index (κ2) is 4.82. The Morgan fingerprint density at radius 1 is 2.00 bits per heavy atom. The fourth-order valence-corrected chi connectivity index (χ4v) is 0.305. The van der Waals surface area contributed by atoms with Crippen LogP contribution in [0.25, 0.3) is 0 Å². The summed E-state index contributed by atoms with van der Waals surface area (Å²) in [6.45, 7) is 1.95. The maximum Gasteiger partial charge on any atom is 0.320 e. The van der Waals surface area contributed by atoms with Gasteiger partial charge in [0.2, 0.25) is 0 Å². The lowest BCUT2D eigenvalue weighted by Crippen LogP contribution is -1.96. The Bertz CT molecular complexity index is 39.8. The Morgan fingerprint density at radius 2 is 2.67 bits per heavy atom. The van der Waals surface area contributed by atoms with Crippen LogP contribution in [0.3, 0.4) is 0 Å². The molecule has 0 bridgehead atoms. The Balaban J connectivity index is 2.49. The molecule has 0 unspecified atom stereocenters. The third kappa shape index (κ3) is 3.82. The highest BCUT2D eigenvalue weighted by Crippen LogP contribution is 1.84. The molecular formula is C3H6NOS. The summed E-state index contributed by atoms with van der Waals surface area (Å²) in [6.07, 6.45) is 1.53. The van der Waals surface area contributed by atoms with Gasteiger partial charge >= 0.3 is 6.41 Å². The number of amides is 1. The van der Waals surface area contributed by atoms with Crippen LogP contribution in [0.4, 0.5) is 0 Å². The summed E-state index contributed by atoms with van der Waals surface area (Å²) in [5, 5.41) is 0. The fourth-order valence-electron chi connectivity index (χ4n) is 0.102. The van der Waals surface area contributed by atoms with E-state index in [0.29, 0.717) is 0 Å². The zero-order chi connectivity index (χ0) is 4.83. The van der Waals surface area contributed by atoms with Crippen LogP contribution in [0.1, 0.15) is 6.92 Å². The molecule has 0 aromatic rings. The molecule has 2 nitrogen and oxygen atoms in total. The van der Waals surface area contributed by atoms with Gasteiger partial charge in [0.25, 0.3) is 0 Å². The van der Waals surface area contributed by atoms with Gasteiger partial charge in [-0.25, -0.2) is 0 Å². The summed E-state index contributed by atoms with van der Waals surface area (Å²) in [5.41, 5.74) is 0. The zero-order valence-corrected chi connectivity index (χ0v) is 4.34. The lowest BCUT2D eigenvalue weighted by atomic mass is 11.0. The molecule has 1 amide bonds. The largest absolute Gasteiger partial charge is 0.320 e. The first-order chi connectivity index (χ1) is 2.91. The van der Waals surface area contributed by atoms with Crippen molar-refractivity contribution in [3.05, 3.63) is 0 Å². The normalized spacial score (nSPS) is 7.50. The Kier molecular flexibility index (Phi) is 4.68. The Labute approximate surface area is 41.4 Å². The number of nitrogens with one attached hydrogen (secondary N) is 1. The van der Waals surface area contributed by atoms with E-state index in [0.717, 1.165) is 5.75 Å². The van der Waals surface area contributed by atoms with Crippen LogP contribution in [0.5, 0.6) is 0 Å². The minimum absolute atomic E-state index is 0.898. The molecule has 0 aliphatic heterocycles. The van der Waals surface area contributed by atoms with E-state index in [1.807, 2.05) is 6.92 Å². The van der Waals surface area contributed by atoms with Gasteiger partial charge in [0, 0.05) is 5.75 Å². The molecule has 6 heavy (non-hydrogen) atoms. The highest BCUT2D eigenvalue weighted by atomic mass is 32.2. The van der Waals surface area contributed by atoms with Crippen LogP contribution in [0.15, 0.2) is 0 Å². The van der Waals surface area contributed by atoms with Crippen LogP contribution >= 0.6 is 11.9 Å². The topological polar surface area (TPSA) is 29.1 Å². The molecular weight excluding hydrogens is 98.1 g/mol. The molecule has 0 aromatic carbocycles. The molecule has 0 heterocycles. The lowest BCUT2D eigenvalue weighted by molar-refractivity contribution is 0.554. The van der Waals surface area contributed by atoms with Crippen molar-refractivity contribution in [2.75, 3.05) is 5.75 Å². The molecule has 0 spiro atoms.